The standard InChI is InChI=1S/C13H24N2O2/c1-9-4-13(5-9,8-14)12(16)15-6-11(3)17-7-10(15)2/h9-11H,4-8,14H2,1-3H3. The number of rotatable bonds is 2. The third-order valence-corrected chi connectivity index (χ3v) is 4.19. The van der Waals surface area contributed by atoms with E-state index in [4.69, 9.17) is 10.5 Å². The van der Waals surface area contributed by atoms with Gasteiger partial charge in [0, 0.05) is 13.1 Å². The molecule has 2 fully saturated rings. The minimum atomic E-state index is -0.273. The minimum absolute atomic E-state index is 0.141. The number of amides is 1. The zero-order valence-electron chi connectivity index (χ0n) is 11.1. The normalized spacial score (nSPS) is 42.1. The number of morpholine rings is 1. The first-order valence-electron chi connectivity index (χ1n) is 6.61. The second kappa shape index (κ2) is 4.58. The van der Waals surface area contributed by atoms with Crippen LogP contribution in [0.5, 0.6) is 0 Å². The van der Waals surface area contributed by atoms with Gasteiger partial charge in [0.15, 0.2) is 0 Å². The van der Waals surface area contributed by atoms with Crippen LogP contribution in [-0.4, -0.2) is 42.6 Å². The molecule has 1 heterocycles. The number of carbonyl (C=O) groups excluding carboxylic acids is 1. The third kappa shape index (κ3) is 2.20. The van der Waals surface area contributed by atoms with Gasteiger partial charge in [0.1, 0.15) is 0 Å². The molecule has 4 nitrogen and oxygen atoms in total. The van der Waals surface area contributed by atoms with Crippen LogP contribution >= 0.6 is 0 Å². The Morgan fingerprint density at radius 2 is 2.06 bits per heavy atom. The van der Waals surface area contributed by atoms with Gasteiger partial charge in [0.2, 0.25) is 5.91 Å². The summed E-state index contributed by atoms with van der Waals surface area (Å²) in [6, 6.07) is 0.179. The topological polar surface area (TPSA) is 55.6 Å². The van der Waals surface area contributed by atoms with Gasteiger partial charge < -0.3 is 15.4 Å². The van der Waals surface area contributed by atoms with E-state index >= 15 is 0 Å². The maximum atomic E-state index is 12.6. The van der Waals surface area contributed by atoms with Gasteiger partial charge in [-0.2, -0.15) is 0 Å². The molecule has 1 aliphatic carbocycles. The van der Waals surface area contributed by atoms with Crippen molar-refractivity contribution in [1.82, 2.24) is 4.90 Å². The molecular weight excluding hydrogens is 216 g/mol. The average molecular weight is 240 g/mol. The van der Waals surface area contributed by atoms with E-state index in [9.17, 15) is 4.79 Å². The smallest absolute Gasteiger partial charge is 0.230 e. The van der Waals surface area contributed by atoms with Crippen LogP contribution in [0.15, 0.2) is 0 Å². The van der Waals surface area contributed by atoms with E-state index in [0.29, 0.717) is 25.6 Å². The predicted octanol–water partition coefficient (Wildman–Crippen LogP) is 0.997. The Morgan fingerprint density at radius 1 is 1.41 bits per heavy atom. The van der Waals surface area contributed by atoms with Crippen LogP contribution in [0.2, 0.25) is 0 Å². The highest BCUT2D eigenvalue weighted by atomic mass is 16.5. The molecule has 2 atom stereocenters. The lowest BCUT2D eigenvalue weighted by Crippen LogP contribution is -2.60. The molecule has 17 heavy (non-hydrogen) atoms. The summed E-state index contributed by atoms with van der Waals surface area (Å²) in [4.78, 5) is 14.6. The number of nitrogens with zero attached hydrogens (tertiary/aromatic N) is 1. The van der Waals surface area contributed by atoms with Gasteiger partial charge in [-0.25, -0.2) is 0 Å². The zero-order chi connectivity index (χ0) is 12.6. The third-order valence-electron chi connectivity index (χ3n) is 4.19. The lowest BCUT2D eigenvalue weighted by atomic mass is 9.61. The first-order valence-corrected chi connectivity index (χ1v) is 6.61. The van der Waals surface area contributed by atoms with Crippen molar-refractivity contribution < 1.29 is 9.53 Å². The first-order chi connectivity index (χ1) is 7.98. The van der Waals surface area contributed by atoms with Crippen molar-refractivity contribution in [1.29, 1.82) is 0 Å². The van der Waals surface area contributed by atoms with E-state index in [2.05, 4.69) is 13.8 Å². The summed E-state index contributed by atoms with van der Waals surface area (Å²) in [5.41, 5.74) is 5.57. The number of hydrogen-bond acceptors (Lipinski definition) is 3. The summed E-state index contributed by atoms with van der Waals surface area (Å²) in [6.07, 6.45) is 2.03. The Hall–Kier alpha value is -0.610. The first kappa shape index (κ1) is 12.8. The van der Waals surface area contributed by atoms with Gasteiger partial charge in [-0.1, -0.05) is 6.92 Å². The van der Waals surface area contributed by atoms with Gasteiger partial charge >= 0.3 is 0 Å². The van der Waals surface area contributed by atoms with Crippen LogP contribution in [-0.2, 0) is 9.53 Å². The molecule has 0 bridgehead atoms. The fourth-order valence-electron chi connectivity index (χ4n) is 3.19. The Kier molecular flexibility index (Phi) is 3.46. The molecule has 1 aliphatic heterocycles. The number of ether oxygens (including phenoxy) is 1. The largest absolute Gasteiger partial charge is 0.375 e. The fourth-order valence-corrected chi connectivity index (χ4v) is 3.19. The molecule has 0 aromatic carbocycles. The van der Waals surface area contributed by atoms with E-state index in [0.717, 1.165) is 12.8 Å². The Morgan fingerprint density at radius 3 is 2.59 bits per heavy atom. The van der Waals surface area contributed by atoms with Gasteiger partial charge in [-0.15, -0.1) is 0 Å². The van der Waals surface area contributed by atoms with E-state index in [1.54, 1.807) is 0 Å². The van der Waals surface area contributed by atoms with E-state index in [-0.39, 0.29) is 23.5 Å². The SMILES string of the molecule is CC1CC(CN)(C(=O)N2CC(C)OCC2C)C1. The van der Waals surface area contributed by atoms with Crippen molar-refractivity contribution in [3.63, 3.8) is 0 Å². The van der Waals surface area contributed by atoms with Crippen LogP contribution in [0.3, 0.4) is 0 Å². The van der Waals surface area contributed by atoms with Gasteiger partial charge in [-0.3, -0.25) is 4.79 Å². The maximum Gasteiger partial charge on any atom is 0.230 e. The van der Waals surface area contributed by atoms with Crippen molar-refractivity contribution >= 4 is 5.91 Å². The van der Waals surface area contributed by atoms with Gasteiger partial charge in [0.05, 0.1) is 24.2 Å². The van der Waals surface area contributed by atoms with Crippen LogP contribution in [0.4, 0.5) is 0 Å². The highest BCUT2D eigenvalue weighted by Crippen LogP contribution is 2.46. The second-order valence-corrected chi connectivity index (χ2v) is 5.95. The molecule has 0 aromatic rings. The van der Waals surface area contributed by atoms with Gasteiger partial charge in [0.25, 0.3) is 0 Å². The lowest BCUT2D eigenvalue weighted by molar-refractivity contribution is -0.161. The van der Waals surface area contributed by atoms with Crippen LogP contribution in [0.25, 0.3) is 0 Å². The molecule has 98 valence electrons. The predicted molar refractivity (Wildman–Crippen MR) is 66.5 cm³/mol. The van der Waals surface area contributed by atoms with Crippen molar-refractivity contribution in [2.24, 2.45) is 17.1 Å². The van der Waals surface area contributed by atoms with Gasteiger partial charge in [-0.05, 0) is 32.6 Å². The average Bonchev–Trinajstić information content (AvgIpc) is 2.27. The molecule has 1 saturated heterocycles. The Labute approximate surface area is 103 Å². The second-order valence-electron chi connectivity index (χ2n) is 5.95. The summed E-state index contributed by atoms with van der Waals surface area (Å²) >= 11 is 0. The molecule has 1 saturated carbocycles. The maximum absolute atomic E-state index is 12.6. The molecule has 0 aromatic heterocycles. The van der Waals surface area contributed by atoms with Crippen molar-refractivity contribution in [3.05, 3.63) is 0 Å². The number of nitrogens with two attached hydrogens (primary N) is 1. The molecule has 0 spiro atoms. The fraction of sp³-hybridized carbons (Fsp3) is 0.923. The molecule has 1 amide bonds. The van der Waals surface area contributed by atoms with Crippen molar-refractivity contribution in [3.8, 4) is 0 Å². The molecule has 0 radical (unpaired) electrons. The zero-order valence-corrected chi connectivity index (χ0v) is 11.1. The van der Waals surface area contributed by atoms with Crippen molar-refractivity contribution in [2.45, 2.75) is 45.8 Å². The van der Waals surface area contributed by atoms with Crippen LogP contribution in [0, 0.1) is 11.3 Å². The summed E-state index contributed by atoms with van der Waals surface area (Å²) in [7, 11) is 0. The summed E-state index contributed by atoms with van der Waals surface area (Å²) in [5.74, 6) is 0.886. The molecular formula is C13H24N2O2. The lowest BCUT2D eigenvalue weighted by Gasteiger charge is -2.49. The molecule has 4 heteroatoms. The number of hydrogen-bond donors (Lipinski definition) is 1. The molecule has 2 unspecified atom stereocenters. The van der Waals surface area contributed by atoms with Crippen LogP contribution < -0.4 is 5.73 Å². The monoisotopic (exact) mass is 240 g/mol. The highest BCUT2D eigenvalue weighted by molar-refractivity contribution is 5.84. The van der Waals surface area contributed by atoms with E-state index in [1.807, 2.05) is 11.8 Å². The van der Waals surface area contributed by atoms with E-state index < -0.39 is 0 Å². The van der Waals surface area contributed by atoms with E-state index in [1.165, 1.54) is 0 Å². The minimum Gasteiger partial charge on any atom is -0.375 e. The Balaban J connectivity index is 2.07. The number of carbonyl (C=O) groups is 1. The highest BCUT2D eigenvalue weighted by Gasteiger charge is 2.50. The molecule has 2 aliphatic rings. The quantitative estimate of drug-likeness (QED) is 0.783. The van der Waals surface area contributed by atoms with Crippen LogP contribution in [0.1, 0.15) is 33.6 Å². The molecule has 2 rings (SSSR count). The molecule has 2 N–H and O–H groups in total. The summed E-state index contributed by atoms with van der Waals surface area (Å²) in [6.45, 7) is 8.08. The Bertz CT molecular complexity index is 300. The summed E-state index contributed by atoms with van der Waals surface area (Å²) in [5, 5.41) is 0. The van der Waals surface area contributed by atoms with Crippen molar-refractivity contribution in [2.75, 3.05) is 19.7 Å². The summed E-state index contributed by atoms with van der Waals surface area (Å²) < 4.78 is 5.56.